The average molecular weight is 270 g/mol. The fourth-order valence-corrected chi connectivity index (χ4v) is 3.05. The second kappa shape index (κ2) is 6.61. The molecular weight excluding hydrogens is 250 g/mol. The molecule has 0 aromatic heterocycles. The van der Waals surface area contributed by atoms with E-state index in [4.69, 9.17) is 0 Å². The molecule has 7 heteroatoms. The first-order valence-electron chi connectivity index (χ1n) is 5.96. The van der Waals surface area contributed by atoms with Crippen LogP contribution in [-0.4, -0.2) is 44.7 Å². The first-order valence-corrected chi connectivity index (χ1v) is 7.46. The molecule has 0 aliphatic carbocycles. The van der Waals surface area contributed by atoms with Crippen molar-refractivity contribution < 1.29 is 17.2 Å². The lowest BCUT2D eigenvalue weighted by Gasteiger charge is -2.31. The first kappa shape index (κ1) is 14.8. The maximum atomic E-state index is 12.4. The molecule has 1 unspecified atom stereocenters. The van der Waals surface area contributed by atoms with Crippen molar-refractivity contribution in [3.63, 3.8) is 0 Å². The Kier molecular flexibility index (Phi) is 5.75. The number of nitrogens with zero attached hydrogens (tertiary/aromatic N) is 1. The average Bonchev–Trinajstić information content (AvgIpc) is 2.29. The molecule has 0 aromatic rings. The summed E-state index contributed by atoms with van der Waals surface area (Å²) in [5, 5.41) is 3.20. The molecule has 0 saturated carbocycles. The summed E-state index contributed by atoms with van der Waals surface area (Å²) < 4.78 is 48.3. The van der Waals surface area contributed by atoms with E-state index in [-0.39, 0.29) is 19.0 Å². The number of hydrogen-bond acceptors (Lipinski definition) is 3. The standard InChI is InChI=1S/C10H20F2N2O2S/c1-2-5-13-7-9-4-3-6-14(8-9)17(15,16)10(11)12/h9-10,13H,2-8H2,1H3. The number of halogens is 2. The smallest absolute Gasteiger partial charge is 0.316 e. The van der Waals surface area contributed by atoms with E-state index in [0.29, 0.717) is 13.0 Å². The molecule has 0 amide bonds. The number of hydrogen-bond donors (Lipinski definition) is 1. The van der Waals surface area contributed by atoms with Crippen LogP contribution in [0.25, 0.3) is 0 Å². The number of rotatable bonds is 6. The fourth-order valence-electron chi connectivity index (χ4n) is 2.02. The summed E-state index contributed by atoms with van der Waals surface area (Å²) >= 11 is 0. The summed E-state index contributed by atoms with van der Waals surface area (Å²) in [4.78, 5) is 0. The normalized spacial score (nSPS) is 23.2. The van der Waals surface area contributed by atoms with Gasteiger partial charge in [-0.2, -0.15) is 13.1 Å². The van der Waals surface area contributed by atoms with E-state index in [1.54, 1.807) is 0 Å². The summed E-state index contributed by atoms with van der Waals surface area (Å²) in [6.45, 7) is 4.04. The van der Waals surface area contributed by atoms with Crippen LogP contribution < -0.4 is 5.32 Å². The van der Waals surface area contributed by atoms with Crippen LogP contribution in [0.3, 0.4) is 0 Å². The van der Waals surface area contributed by atoms with Gasteiger partial charge in [0, 0.05) is 13.1 Å². The molecular formula is C10H20F2N2O2S. The van der Waals surface area contributed by atoms with Gasteiger partial charge in [-0.15, -0.1) is 0 Å². The van der Waals surface area contributed by atoms with Crippen molar-refractivity contribution in [2.24, 2.45) is 5.92 Å². The Morgan fingerprint density at radius 3 is 2.76 bits per heavy atom. The molecule has 1 heterocycles. The highest BCUT2D eigenvalue weighted by Crippen LogP contribution is 2.21. The minimum Gasteiger partial charge on any atom is -0.316 e. The van der Waals surface area contributed by atoms with Crippen LogP contribution in [0.1, 0.15) is 26.2 Å². The zero-order chi connectivity index (χ0) is 12.9. The highest BCUT2D eigenvalue weighted by molar-refractivity contribution is 7.89. The van der Waals surface area contributed by atoms with E-state index < -0.39 is 15.8 Å². The van der Waals surface area contributed by atoms with Gasteiger partial charge >= 0.3 is 5.76 Å². The number of sulfonamides is 1. The van der Waals surface area contributed by atoms with Crippen LogP contribution in [0, 0.1) is 5.92 Å². The van der Waals surface area contributed by atoms with Crippen LogP contribution in [0.2, 0.25) is 0 Å². The van der Waals surface area contributed by atoms with Gasteiger partial charge in [-0.05, 0) is 38.3 Å². The Balaban J connectivity index is 2.49. The zero-order valence-electron chi connectivity index (χ0n) is 10.0. The number of nitrogens with one attached hydrogen (secondary N) is 1. The molecule has 1 aliphatic heterocycles. The third-order valence-electron chi connectivity index (χ3n) is 2.93. The largest absolute Gasteiger partial charge is 0.350 e. The van der Waals surface area contributed by atoms with Crippen molar-refractivity contribution in [1.29, 1.82) is 0 Å². The molecule has 0 spiro atoms. The van der Waals surface area contributed by atoms with E-state index in [1.807, 2.05) is 6.92 Å². The van der Waals surface area contributed by atoms with Gasteiger partial charge in [0.25, 0.3) is 10.0 Å². The molecule has 1 fully saturated rings. The van der Waals surface area contributed by atoms with Crippen molar-refractivity contribution in [3.05, 3.63) is 0 Å². The van der Waals surface area contributed by atoms with E-state index in [1.165, 1.54) is 0 Å². The molecule has 0 radical (unpaired) electrons. The quantitative estimate of drug-likeness (QED) is 0.739. The van der Waals surface area contributed by atoms with Gasteiger partial charge in [-0.1, -0.05) is 6.92 Å². The van der Waals surface area contributed by atoms with Crippen molar-refractivity contribution in [1.82, 2.24) is 9.62 Å². The zero-order valence-corrected chi connectivity index (χ0v) is 10.8. The first-order chi connectivity index (χ1) is 7.98. The summed E-state index contributed by atoms with van der Waals surface area (Å²) in [5.74, 6) is -3.16. The fraction of sp³-hybridized carbons (Fsp3) is 1.00. The van der Waals surface area contributed by atoms with Crippen molar-refractivity contribution in [3.8, 4) is 0 Å². The van der Waals surface area contributed by atoms with Gasteiger partial charge in [-0.3, -0.25) is 0 Å². The van der Waals surface area contributed by atoms with Gasteiger partial charge < -0.3 is 5.32 Å². The predicted molar refractivity (Wildman–Crippen MR) is 62.4 cm³/mol. The lowest BCUT2D eigenvalue weighted by atomic mass is 10.00. The Morgan fingerprint density at radius 2 is 2.18 bits per heavy atom. The number of alkyl halides is 2. The minimum atomic E-state index is -4.39. The van der Waals surface area contributed by atoms with Crippen LogP contribution >= 0.6 is 0 Å². The molecule has 0 bridgehead atoms. The minimum absolute atomic E-state index is 0.142. The molecule has 1 aliphatic rings. The Labute approximate surface area is 101 Å². The van der Waals surface area contributed by atoms with Crippen molar-refractivity contribution in [2.45, 2.75) is 31.9 Å². The van der Waals surface area contributed by atoms with Gasteiger partial charge in [0.05, 0.1) is 0 Å². The Hall–Kier alpha value is -0.270. The molecule has 1 atom stereocenters. The third kappa shape index (κ3) is 4.15. The topological polar surface area (TPSA) is 49.4 Å². The number of piperidine rings is 1. The Bertz CT molecular complexity index is 322. The van der Waals surface area contributed by atoms with Crippen molar-refractivity contribution in [2.75, 3.05) is 26.2 Å². The summed E-state index contributed by atoms with van der Waals surface area (Å²) in [6, 6.07) is 0. The van der Waals surface area contributed by atoms with E-state index in [2.05, 4.69) is 5.32 Å². The van der Waals surface area contributed by atoms with Gasteiger partial charge in [-0.25, -0.2) is 8.42 Å². The predicted octanol–water partition coefficient (Wildman–Crippen LogP) is 1.25. The Morgan fingerprint density at radius 1 is 1.47 bits per heavy atom. The molecule has 102 valence electrons. The van der Waals surface area contributed by atoms with Crippen molar-refractivity contribution >= 4 is 10.0 Å². The molecule has 1 saturated heterocycles. The van der Waals surface area contributed by atoms with Crippen LogP contribution in [0.15, 0.2) is 0 Å². The van der Waals surface area contributed by atoms with Crippen LogP contribution in [-0.2, 0) is 10.0 Å². The summed E-state index contributed by atoms with van der Waals surface area (Å²) in [6.07, 6.45) is 2.56. The second-order valence-electron chi connectivity index (χ2n) is 4.38. The van der Waals surface area contributed by atoms with E-state index >= 15 is 0 Å². The van der Waals surface area contributed by atoms with Gasteiger partial charge in [0.2, 0.25) is 0 Å². The third-order valence-corrected chi connectivity index (χ3v) is 4.43. The molecule has 1 N–H and O–H groups in total. The summed E-state index contributed by atoms with van der Waals surface area (Å²) in [7, 11) is -4.39. The van der Waals surface area contributed by atoms with Gasteiger partial charge in [0.1, 0.15) is 0 Å². The van der Waals surface area contributed by atoms with E-state index in [0.717, 1.165) is 23.7 Å². The second-order valence-corrected chi connectivity index (χ2v) is 6.28. The SMILES string of the molecule is CCCNCC1CCCN(S(=O)(=O)C(F)F)C1. The monoisotopic (exact) mass is 270 g/mol. The summed E-state index contributed by atoms with van der Waals surface area (Å²) in [5.41, 5.74) is 0. The molecule has 0 aromatic carbocycles. The molecule has 17 heavy (non-hydrogen) atoms. The molecule has 4 nitrogen and oxygen atoms in total. The lowest BCUT2D eigenvalue weighted by Crippen LogP contribution is -2.44. The highest BCUT2D eigenvalue weighted by atomic mass is 32.2. The molecule has 1 rings (SSSR count). The van der Waals surface area contributed by atoms with E-state index in [9.17, 15) is 17.2 Å². The maximum Gasteiger partial charge on any atom is 0.350 e. The van der Waals surface area contributed by atoms with Crippen LogP contribution in [0.5, 0.6) is 0 Å². The maximum absolute atomic E-state index is 12.4. The highest BCUT2D eigenvalue weighted by Gasteiger charge is 2.35. The van der Waals surface area contributed by atoms with Gasteiger partial charge in [0.15, 0.2) is 0 Å². The van der Waals surface area contributed by atoms with Crippen LogP contribution in [0.4, 0.5) is 8.78 Å². The lowest BCUT2D eigenvalue weighted by molar-refractivity contribution is 0.200.